The second-order valence-electron chi connectivity index (χ2n) is 6.19. The maximum atomic E-state index is 14.8. The number of ether oxygens (including phenoxy) is 2. The lowest BCUT2D eigenvalue weighted by Crippen LogP contribution is -2.50. The Kier molecular flexibility index (Phi) is 5.29. The van der Waals surface area contributed by atoms with Gasteiger partial charge in [0.25, 0.3) is 0 Å². The summed E-state index contributed by atoms with van der Waals surface area (Å²) in [6.07, 6.45) is 2.07. The summed E-state index contributed by atoms with van der Waals surface area (Å²) in [5.41, 5.74) is 1.72. The smallest absolute Gasteiger partial charge is 0.328 e. The van der Waals surface area contributed by atoms with Gasteiger partial charge in [0.15, 0.2) is 0 Å². The van der Waals surface area contributed by atoms with Crippen LogP contribution in [-0.2, 0) is 16.0 Å². The van der Waals surface area contributed by atoms with Gasteiger partial charge in [-0.3, -0.25) is 0 Å². The molecule has 3 rings (SSSR count). The first kappa shape index (κ1) is 18.7. The van der Waals surface area contributed by atoms with E-state index in [1.54, 1.807) is 12.1 Å². The molecule has 0 saturated heterocycles. The van der Waals surface area contributed by atoms with E-state index in [0.717, 1.165) is 5.69 Å². The van der Waals surface area contributed by atoms with Crippen LogP contribution >= 0.6 is 0 Å². The number of aromatic nitrogens is 2. The zero-order chi connectivity index (χ0) is 19.6. The molecule has 0 fully saturated rings. The van der Waals surface area contributed by atoms with Gasteiger partial charge in [0, 0.05) is 30.3 Å². The minimum atomic E-state index is -0.829. The van der Waals surface area contributed by atoms with Gasteiger partial charge in [0.2, 0.25) is 0 Å². The maximum Gasteiger partial charge on any atom is 0.328 e. The summed E-state index contributed by atoms with van der Waals surface area (Å²) in [4.78, 5) is 33.2. The third kappa shape index (κ3) is 3.57. The summed E-state index contributed by atoms with van der Waals surface area (Å²) in [7, 11) is 2.70. The summed E-state index contributed by atoms with van der Waals surface area (Å²) in [6, 6.07) is 2.42. The average molecular weight is 376 g/mol. The lowest BCUT2D eigenvalue weighted by molar-refractivity contribution is -0.142. The molecule has 0 saturated carbocycles. The van der Waals surface area contributed by atoms with Crippen LogP contribution in [0.25, 0.3) is 0 Å². The molecule has 2 atom stereocenters. The van der Waals surface area contributed by atoms with Crippen molar-refractivity contribution in [2.75, 3.05) is 20.8 Å². The SMILES string of the molecule is COC(=O)[C@H](C)NC(=O)N1CCc2[nH]cnc2[C@@H]1c1ccc(OC)cc1F. The molecule has 2 heterocycles. The van der Waals surface area contributed by atoms with Crippen molar-refractivity contribution >= 4 is 12.0 Å². The van der Waals surface area contributed by atoms with E-state index in [2.05, 4.69) is 20.0 Å². The largest absolute Gasteiger partial charge is 0.497 e. The molecular formula is C18H21FN4O4. The molecule has 0 aliphatic carbocycles. The number of rotatable bonds is 4. The van der Waals surface area contributed by atoms with Crippen LogP contribution in [0.2, 0.25) is 0 Å². The number of nitrogens with zero attached hydrogens (tertiary/aromatic N) is 2. The van der Waals surface area contributed by atoms with Crippen LogP contribution in [-0.4, -0.2) is 53.7 Å². The Morgan fingerprint density at radius 2 is 2.19 bits per heavy atom. The van der Waals surface area contributed by atoms with E-state index in [-0.39, 0.29) is 0 Å². The quantitative estimate of drug-likeness (QED) is 0.793. The number of esters is 1. The van der Waals surface area contributed by atoms with Crippen molar-refractivity contribution in [3.63, 3.8) is 0 Å². The van der Waals surface area contributed by atoms with Crippen molar-refractivity contribution in [1.82, 2.24) is 20.2 Å². The fourth-order valence-corrected chi connectivity index (χ4v) is 3.17. The molecule has 144 valence electrons. The summed E-state index contributed by atoms with van der Waals surface area (Å²) in [6.45, 7) is 1.86. The molecule has 0 bridgehead atoms. The normalized spacial score (nSPS) is 17.0. The average Bonchev–Trinajstić information content (AvgIpc) is 3.15. The van der Waals surface area contributed by atoms with Gasteiger partial charge in [-0.15, -0.1) is 0 Å². The number of halogens is 1. The summed E-state index contributed by atoms with van der Waals surface area (Å²) < 4.78 is 24.4. The van der Waals surface area contributed by atoms with E-state index in [0.29, 0.717) is 30.0 Å². The summed E-state index contributed by atoms with van der Waals surface area (Å²) in [5, 5.41) is 2.59. The minimum Gasteiger partial charge on any atom is -0.497 e. The highest BCUT2D eigenvalue weighted by molar-refractivity contribution is 5.83. The van der Waals surface area contributed by atoms with Gasteiger partial charge in [-0.25, -0.2) is 19.0 Å². The molecule has 2 amide bonds. The first-order chi connectivity index (χ1) is 13.0. The van der Waals surface area contributed by atoms with Crippen LogP contribution in [0.15, 0.2) is 24.5 Å². The topological polar surface area (TPSA) is 96.6 Å². The number of urea groups is 1. The van der Waals surface area contributed by atoms with Crippen molar-refractivity contribution in [3.8, 4) is 5.75 Å². The van der Waals surface area contributed by atoms with Gasteiger partial charge in [-0.2, -0.15) is 0 Å². The van der Waals surface area contributed by atoms with Crippen LogP contribution in [0.5, 0.6) is 5.75 Å². The Morgan fingerprint density at radius 3 is 2.85 bits per heavy atom. The zero-order valence-electron chi connectivity index (χ0n) is 15.3. The number of imidazole rings is 1. The number of methoxy groups -OCH3 is 2. The lowest BCUT2D eigenvalue weighted by Gasteiger charge is -2.35. The number of H-pyrrole nitrogens is 1. The highest BCUT2D eigenvalue weighted by atomic mass is 19.1. The number of hydrogen-bond acceptors (Lipinski definition) is 5. The standard InChI is InChI=1S/C18H21FN4O4/c1-10(17(24)27-3)22-18(25)23-7-6-14-15(21-9-20-14)16(23)12-5-4-11(26-2)8-13(12)19/h4-5,8-10,16H,6-7H2,1-3H3,(H,20,21)(H,22,25)/t10-,16-/m0/s1. The number of carbonyl (C=O) groups is 2. The third-order valence-electron chi connectivity index (χ3n) is 4.58. The van der Waals surface area contributed by atoms with Gasteiger partial charge in [-0.1, -0.05) is 0 Å². The van der Waals surface area contributed by atoms with Crippen molar-refractivity contribution in [3.05, 3.63) is 47.3 Å². The van der Waals surface area contributed by atoms with Crippen LogP contribution in [0.4, 0.5) is 9.18 Å². The maximum absolute atomic E-state index is 14.8. The van der Waals surface area contributed by atoms with Gasteiger partial charge in [0.05, 0.1) is 26.2 Å². The van der Waals surface area contributed by atoms with E-state index >= 15 is 0 Å². The molecule has 27 heavy (non-hydrogen) atoms. The summed E-state index contributed by atoms with van der Waals surface area (Å²) >= 11 is 0. The molecule has 1 aliphatic heterocycles. The Bertz CT molecular complexity index is 854. The van der Waals surface area contributed by atoms with E-state index in [1.165, 1.54) is 38.4 Å². The second-order valence-corrected chi connectivity index (χ2v) is 6.19. The molecular weight excluding hydrogens is 355 g/mol. The molecule has 9 heteroatoms. The second kappa shape index (κ2) is 7.65. The number of nitrogens with one attached hydrogen (secondary N) is 2. The number of amides is 2. The fraction of sp³-hybridized carbons (Fsp3) is 0.389. The first-order valence-electron chi connectivity index (χ1n) is 8.46. The number of benzene rings is 1. The van der Waals surface area contributed by atoms with Crippen LogP contribution in [0.1, 0.15) is 29.9 Å². The van der Waals surface area contributed by atoms with Gasteiger partial charge in [0.1, 0.15) is 23.7 Å². The first-order valence-corrected chi connectivity index (χ1v) is 8.46. The molecule has 0 spiro atoms. The highest BCUT2D eigenvalue weighted by Gasteiger charge is 2.36. The molecule has 1 aromatic carbocycles. The number of carbonyl (C=O) groups excluding carboxylic acids is 2. The third-order valence-corrected chi connectivity index (χ3v) is 4.58. The van der Waals surface area contributed by atoms with Crippen molar-refractivity contribution in [2.45, 2.75) is 25.4 Å². The molecule has 0 radical (unpaired) electrons. The molecule has 1 aromatic heterocycles. The summed E-state index contributed by atoms with van der Waals surface area (Å²) in [5.74, 6) is -0.688. The van der Waals surface area contributed by atoms with E-state index in [1.807, 2.05) is 0 Å². The van der Waals surface area contributed by atoms with E-state index in [9.17, 15) is 14.0 Å². The molecule has 8 nitrogen and oxygen atoms in total. The van der Waals surface area contributed by atoms with Crippen LogP contribution < -0.4 is 10.1 Å². The van der Waals surface area contributed by atoms with Crippen molar-refractivity contribution < 1.29 is 23.5 Å². The Balaban J connectivity index is 1.96. The Hall–Kier alpha value is -3.10. The number of aromatic amines is 1. The van der Waals surface area contributed by atoms with E-state index in [4.69, 9.17) is 4.74 Å². The predicted molar refractivity (Wildman–Crippen MR) is 93.8 cm³/mol. The van der Waals surface area contributed by atoms with Gasteiger partial charge < -0.3 is 24.7 Å². The molecule has 1 aliphatic rings. The Labute approximate surface area is 155 Å². The number of fused-ring (bicyclic) bond motifs is 1. The lowest BCUT2D eigenvalue weighted by atomic mass is 9.95. The number of hydrogen-bond donors (Lipinski definition) is 2. The van der Waals surface area contributed by atoms with Gasteiger partial charge in [-0.05, 0) is 19.1 Å². The zero-order valence-corrected chi connectivity index (χ0v) is 15.3. The minimum absolute atomic E-state index is 0.296. The molecule has 2 N–H and O–H groups in total. The highest BCUT2D eigenvalue weighted by Crippen LogP contribution is 2.35. The molecule has 0 unspecified atom stereocenters. The predicted octanol–water partition coefficient (Wildman–Crippen LogP) is 1.78. The van der Waals surface area contributed by atoms with Crippen molar-refractivity contribution in [1.29, 1.82) is 0 Å². The Morgan fingerprint density at radius 1 is 1.41 bits per heavy atom. The van der Waals surface area contributed by atoms with E-state index < -0.39 is 29.9 Å². The van der Waals surface area contributed by atoms with Crippen LogP contribution in [0.3, 0.4) is 0 Å². The van der Waals surface area contributed by atoms with Gasteiger partial charge >= 0.3 is 12.0 Å². The fourth-order valence-electron chi connectivity index (χ4n) is 3.17. The van der Waals surface area contributed by atoms with Crippen molar-refractivity contribution in [2.24, 2.45) is 0 Å². The molecule has 2 aromatic rings. The monoisotopic (exact) mass is 376 g/mol. The van der Waals surface area contributed by atoms with Crippen LogP contribution in [0, 0.1) is 5.82 Å².